The minimum absolute atomic E-state index is 0.276. The Hall–Kier alpha value is -2.99. The molecule has 122 valence electrons. The molecule has 0 fully saturated rings. The third-order valence-electron chi connectivity index (χ3n) is 3.68. The number of carbonyl (C=O) groups excluding carboxylic acids is 1. The number of nitrogens with zero attached hydrogens (tertiary/aromatic N) is 3. The summed E-state index contributed by atoms with van der Waals surface area (Å²) in [5.74, 6) is 0.424. The molecule has 0 saturated carbocycles. The predicted molar refractivity (Wildman–Crippen MR) is 92.8 cm³/mol. The van der Waals surface area contributed by atoms with Crippen molar-refractivity contribution >= 4 is 11.6 Å². The molecule has 0 saturated heterocycles. The number of nitrogens with one attached hydrogen (secondary N) is 1. The minimum atomic E-state index is -0.720. The van der Waals surface area contributed by atoms with Gasteiger partial charge in [0.1, 0.15) is 6.04 Å². The molecule has 0 radical (unpaired) electrons. The maximum absolute atomic E-state index is 12.2. The third kappa shape index (κ3) is 3.33. The summed E-state index contributed by atoms with van der Waals surface area (Å²) in [6, 6.07) is 14.1. The Morgan fingerprint density at radius 2 is 1.92 bits per heavy atom. The van der Waals surface area contributed by atoms with E-state index in [9.17, 15) is 4.79 Å². The van der Waals surface area contributed by atoms with Crippen LogP contribution >= 0.6 is 0 Å². The first-order valence-electron chi connectivity index (χ1n) is 7.65. The van der Waals surface area contributed by atoms with Crippen molar-refractivity contribution in [3.63, 3.8) is 0 Å². The molecule has 6 heteroatoms. The number of anilines is 1. The van der Waals surface area contributed by atoms with E-state index in [1.165, 1.54) is 0 Å². The van der Waals surface area contributed by atoms with E-state index < -0.39 is 6.04 Å². The second kappa shape index (κ2) is 6.64. The van der Waals surface area contributed by atoms with Crippen LogP contribution in [0.4, 0.5) is 5.69 Å². The van der Waals surface area contributed by atoms with Crippen molar-refractivity contribution in [1.29, 1.82) is 0 Å². The number of pyridine rings is 1. The van der Waals surface area contributed by atoms with E-state index >= 15 is 0 Å². The van der Waals surface area contributed by atoms with Crippen LogP contribution in [-0.2, 0) is 4.79 Å². The Bertz CT molecular complexity index is 840. The quantitative estimate of drug-likeness (QED) is 0.773. The molecule has 0 aliphatic rings. The van der Waals surface area contributed by atoms with Crippen molar-refractivity contribution in [3.8, 4) is 5.82 Å². The van der Waals surface area contributed by atoms with Gasteiger partial charge in [-0.2, -0.15) is 5.10 Å². The Morgan fingerprint density at radius 3 is 2.50 bits per heavy atom. The second-order valence-electron chi connectivity index (χ2n) is 5.62. The van der Waals surface area contributed by atoms with Crippen LogP contribution < -0.4 is 11.1 Å². The molecule has 2 heterocycles. The second-order valence-corrected chi connectivity index (χ2v) is 5.62. The number of aromatic nitrogens is 3. The standard InChI is InChI=1S/C18H19N5O/c1-12-10-13(2)23(22-12)16-9-8-15(11-20-16)21-18(24)17(19)14-6-4-3-5-7-14/h3-11,17H,19H2,1-2H3,(H,21,24). The lowest BCUT2D eigenvalue weighted by Crippen LogP contribution is -2.27. The fourth-order valence-electron chi connectivity index (χ4n) is 2.48. The van der Waals surface area contributed by atoms with E-state index in [4.69, 9.17) is 5.73 Å². The zero-order valence-corrected chi connectivity index (χ0v) is 13.6. The molecule has 1 unspecified atom stereocenters. The average Bonchev–Trinajstić information content (AvgIpc) is 2.94. The fourth-order valence-corrected chi connectivity index (χ4v) is 2.48. The van der Waals surface area contributed by atoms with Gasteiger partial charge in [0.25, 0.3) is 0 Å². The third-order valence-corrected chi connectivity index (χ3v) is 3.68. The first-order chi connectivity index (χ1) is 11.5. The normalized spacial score (nSPS) is 12.0. The van der Waals surface area contributed by atoms with Gasteiger partial charge in [0.2, 0.25) is 5.91 Å². The van der Waals surface area contributed by atoms with Crippen LogP contribution in [0.2, 0.25) is 0 Å². The van der Waals surface area contributed by atoms with Crippen molar-refractivity contribution in [3.05, 3.63) is 71.7 Å². The molecule has 3 aromatic rings. The molecule has 1 atom stereocenters. The molecule has 2 aromatic heterocycles. The van der Waals surface area contributed by atoms with Crippen molar-refractivity contribution in [2.75, 3.05) is 5.32 Å². The van der Waals surface area contributed by atoms with Gasteiger partial charge in [0, 0.05) is 5.69 Å². The van der Waals surface area contributed by atoms with Crippen LogP contribution in [0.15, 0.2) is 54.7 Å². The predicted octanol–water partition coefficient (Wildman–Crippen LogP) is 2.52. The highest BCUT2D eigenvalue weighted by Gasteiger charge is 2.15. The van der Waals surface area contributed by atoms with Crippen molar-refractivity contribution in [2.45, 2.75) is 19.9 Å². The highest BCUT2D eigenvalue weighted by atomic mass is 16.2. The summed E-state index contributed by atoms with van der Waals surface area (Å²) >= 11 is 0. The van der Waals surface area contributed by atoms with Crippen molar-refractivity contribution in [2.24, 2.45) is 5.73 Å². The molecule has 3 N–H and O–H groups in total. The Morgan fingerprint density at radius 1 is 1.17 bits per heavy atom. The summed E-state index contributed by atoms with van der Waals surface area (Å²) < 4.78 is 1.76. The van der Waals surface area contributed by atoms with Gasteiger partial charge < -0.3 is 11.1 Å². The summed E-state index contributed by atoms with van der Waals surface area (Å²) in [7, 11) is 0. The van der Waals surface area contributed by atoms with E-state index in [2.05, 4.69) is 15.4 Å². The average molecular weight is 321 g/mol. The van der Waals surface area contributed by atoms with Gasteiger partial charge in [-0.25, -0.2) is 9.67 Å². The lowest BCUT2D eigenvalue weighted by Gasteiger charge is -2.12. The van der Waals surface area contributed by atoms with Gasteiger partial charge in [-0.3, -0.25) is 4.79 Å². The largest absolute Gasteiger partial charge is 0.323 e. The van der Waals surface area contributed by atoms with Gasteiger partial charge in [0.15, 0.2) is 5.82 Å². The van der Waals surface area contributed by atoms with E-state index in [-0.39, 0.29) is 5.91 Å². The zero-order valence-electron chi connectivity index (χ0n) is 13.6. The van der Waals surface area contributed by atoms with E-state index in [0.29, 0.717) is 11.5 Å². The zero-order chi connectivity index (χ0) is 17.1. The van der Waals surface area contributed by atoms with Crippen LogP contribution in [-0.4, -0.2) is 20.7 Å². The van der Waals surface area contributed by atoms with E-state index in [1.54, 1.807) is 16.9 Å². The SMILES string of the molecule is Cc1cc(C)n(-c2ccc(NC(=O)C(N)c3ccccc3)cn2)n1. The first-order valence-corrected chi connectivity index (χ1v) is 7.65. The maximum atomic E-state index is 12.2. The molecule has 0 aliphatic carbocycles. The number of nitrogens with two attached hydrogens (primary N) is 1. The summed E-state index contributed by atoms with van der Waals surface area (Å²) in [6.07, 6.45) is 1.60. The fraction of sp³-hybridized carbons (Fsp3) is 0.167. The van der Waals surface area contributed by atoms with Crippen LogP contribution in [0.5, 0.6) is 0 Å². The van der Waals surface area contributed by atoms with E-state index in [0.717, 1.165) is 17.0 Å². The first kappa shape index (κ1) is 15.9. The Balaban J connectivity index is 1.72. The number of aryl methyl sites for hydroxylation is 2. The lowest BCUT2D eigenvalue weighted by atomic mass is 10.1. The summed E-state index contributed by atoms with van der Waals surface area (Å²) in [5.41, 5.74) is 9.28. The molecule has 6 nitrogen and oxygen atoms in total. The Kier molecular flexibility index (Phi) is 4.39. The molecular formula is C18H19N5O. The summed E-state index contributed by atoms with van der Waals surface area (Å²) in [5, 5.41) is 7.17. The van der Waals surface area contributed by atoms with Crippen LogP contribution in [0.25, 0.3) is 5.82 Å². The van der Waals surface area contributed by atoms with Gasteiger partial charge >= 0.3 is 0 Å². The van der Waals surface area contributed by atoms with Gasteiger partial charge in [-0.15, -0.1) is 0 Å². The highest BCUT2D eigenvalue weighted by molar-refractivity contribution is 5.95. The van der Waals surface area contributed by atoms with Gasteiger partial charge in [-0.1, -0.05) is 30.3 Å². The molecule has 3 rings (SSSR count). The summed E-state index contributed by atoms with van der Waals surface area (Å²) in [6.45, 7) is 3.90. The minimum Gasteiger partial charge on any atom is -0.323 e. The number of amides is 1. The number of hydrogen-bond donors (Lipinski definition) is 2. The van der Waals surface area contributed by atoms with Crippen LogP contribution in [0, 0.1) is 13.8 Å². The van der Waals surface area contributed by atoms with Crippen LogP contribution in [0.1, 0.15) is 23.0 Å². The summed E-state index contributed by atoms with van der Waals surface area (Å²) in [4.78, 5) is 16.6. The molecule has 1 aromatic carbocycles. The molecule has 24 heavy (non-hydrogen) atoms. The Labute approximate surface area is 140 Å². The molecular weight excluding hydrogens is 302 g/mol. The smallest absolute Gasteiger partial charge is 0.245 e. The van der Waals surface area contributed by atoms with Gasteiger partial charge in [0.05, 0.1) is 17.6 Å². The van der Waals surface area contributed by atoms with Gasteiger partial charge in [-0.05, 0) is 37.6 Å². The number of benzene rings is 1. The number of hydrogen-bond acceptors (Lipinski definition) is 4. The van der Waals surface area contributed by atoms with Crippen LogP contribution in [0.3, 0.4) is 0 Å². The molecule has 0 bridgehead atoms. The number of rotatable bonds is 4. The van der Waals surface area contributed by atoms with Crippen molar-refractivity contribution in [1.82, 2.24) is 14.8 Å². The number of carbonyl (C=O) groups is 1. The monoisotopic (exact) mass is 321 g/mol. The lowest BCUT2D eigenvalue weighted by molar-refractivity contribution is -0.117. The molecule has 0 spiro atoms. The van der Waals surface area contributed by atoms with E-state index in [1.807, 2.05) is 56.3 Å². The molecule has 1 amide bonds. The highest BCUT2D eigenvalue weighted by Crippen LogP contribution is 2.15. The maximum Gasteiger partial charge on any atom is 0.245 e. The van der Waals surface area contributed by atoms with Crippen molar-refractivity contribution < 1.29 is 4.79 Å². The topological polar surface area (TPSA) is 85.8 Å². The molecule has 0 aliphatic heterocycles.